The first kappa shape index (κ1) is 15.2. The molecule has 3 aromatic rings. The van der Waals surface area contributed by atoms with Crippen LogP contribution in [-0.4, -0.2) is 50.7 Å². The lowest BCUT2D eigenvalue weighted by Crippen LogP contribution is -2.51. The Hall–Kier alpha value is -2.32. The molecule has 1 fully saturated rings. The van der Waals surface area contributed by atoms with E-state index in [2.05, 4.69) is 36.8 Å². The molecular formula is C16H18N6OS. The maximum Gasteiger partial charge on any atom is 0.241 e. The minimum atomic E-state index is 0.408. The zero-order valence-electron chi connectivity index (χ0n) is 13.4. The third-order valence-corrected chi connectivity index (χ3v) is 4.93. The van der Waals surface area contributed by atoms with Crippen LogP contribution in [0.15, 0.2) is 40.6 Å². The van der Waals surface area contributed by atoms with Gasteiger partial charge in [-0.2, -0.15) is 4.98 Å². The summed E-state index contributed by atoms with van der Waals surface area (Å²) in [5, 5.41) is 7.17. The van der Waals surface area contributed by atoms with Crippen LogP contribution in [0, 0.1) is 0 Å². The van der Waals surface area contributed by atoms with Crippen LogP contribution in [0.4, 0.5) is 5.13 Å². The number of anilines is 1. The van der Waals surface area contributed by atoms with E-state index in [4.69, 9.17) is 4.52 Å². The summed E-state index contributed by atoms with van der Waals surface area (Å²) in [5.74, 6) is 1.23. The van der Waals surface area contributed by atoms with Crippen molar-refractivity contribution in [3.05, 3.63) is 42.0 Å². The lowest BCUT2D eigenvalue weighted by molar-refractivity contribution is 0.194. The van der Waals surface area contributed by atoms with E-state index < -0.39 is 0 Å². The number of nitrogens with zero attached hydrogens (tertiary/aromatic N) is 6. The Balaban J connectivity index is 1.39. The summed E-state index contributed by atoms with van der Waals surface area (Å²) in [4.78, 5) is 17.7. The third-order valence-electron chi connectivity index (χ3n) is 4.12. The monoisotopic (exact) mass is 342 g/mol. The van der Waals surface area contributed by atoms with Crippen molar-refractivity contribution in [1.82, 2.24) is 25.0 Å². The van der Waals surface area contributed by atoms with Gasteiger partial charge in [0.25, 0.3) is 0 Å². The van der Waals surface area contributed by atoms with Crippen molar-refractivity contribution in [2.75, 3.05) is 24.5 Å². The van der Waals surface area contributed by atoms with E-state index in [0.29, 0.717) is 24.3 Å². The van der Waals surface area contributed by atoms with Gasteiger partial charge in [0, 0.05) is 55.2 Å². The van der Waals surface area contributed by atoms with Crippen LogP contribution in [0.25, 0.3) is 11.4 Å². The lowest BCUT2D eigenvalue weighted by Gasteiger charge is -2.39. The van der Waals surface area contributed by atoms with E-state index in [1.165, 1.54) is 0 Å². The normalized spacial score (nSPS) is 18.9. The highest BCUT2D eigenvalue weighted by molar-refractivity contribution is 7.13. The molecule has 0 amide bonds. The molecule has 4 heterocycles. The number of thiazole rings is 1. The first-order chi connectivity index (χ1) is 11.8. The lowest BCUT2D eigenvalue weighted by atomic mass is 10.2. The molecular weight excluding hydrogens is 324 g/mol. The molecule has 0 saturated carbocycles. The molecule has 1 unspecified atom stereocenters. The summed E-state index contributed by atoms with van der Waals surface area (Å²) < 4.78 is 5.40. The number of aromatic nitrogens is 4. The van der Waals surface area contributed by atoms with E-state index in [1.807, 2.05) is 23.7 Å². The Morgan fingerprint density at radius 1 is 1.33 bits per heavy atom. The number of pyridine rings is 1. The average molecular weight is 342 g/mol. The quantitative estimate of drug-likeness (QED) is 0.720. The van der Waals surface area contributed by atoms with Gasteiger partial charge in [0.05, 0.1) is 6.54 Å². The SMILES string of the molecule is CC1CN(Cc2nc(-c3cccnc3)no2)CCN1c1nccs1. The van der Waals surface area contributed by atoms with Crippen molar-refractivity contribution < 1.29 is 4.52 Å². The molecule has 1 saturated heterocycles. The highest BCUT2D eigenvalue weighted by Gasteiger charge is 2.26. The molecule has 3 aromatic heterocycles. The maximum absolute atomic E-state index is 5.40. The molecule has 8 heteroatoms. The molecule has 0 spiro atoms. The highest BCUT2D eigenvalue weighted by atomic mass is 32.1. The summed E-state index contributed by atoms with van der Waals surface area (Å²) in [5.41, 5.74) is 0.870. The number of hydrogen-bond acceptors (Lipinski definition) is 8. The van der Waals surface area contributed by atoms with Gasteiger partial charge < -0.3 is 9.42 Å². The van der Waals surface area contributed by atoms with Crippen molar-refractivity contribution in [2.24, 2.45) is 0 Å². The number of piperazine rings is 1. The van der Waals surface area contributed by atoms with E-state index >= 15 is 0 Å². The molecule has 1 aliphatic rings. The summed E-state index contributed by atoms with van der Waals surface area (Å²) in [6.07, 6.45) is 5.33. The topological polar surface area (TPSA) is 71.2 Å². The van der Waals surface area contributed by atoms with Gasteiger partial charge >= 0.3 is 0 Å². The Kier molecular flexibility index (Phi) is 4.22. The van der Waals surface area contributed by atoms with Crippen LogP contribution in [0.5, 0.6) is 0 Å². The molecule has 0 N–H and O–H groups in total. The molecule has 4 rings (SSSR count). The van der Waals surface area contributed by atoms with Crippen LogP contribution in [0.2, 0.25) is 0 Å². The summed E-state index contributed by atoms with van der Waals surface area (Å²) in [6.45, 7) is 5.75. The van der Waals surface area contributed by atoms with Crippen molar-refractivity contribution in [3.8, 4) is 11.4 Å². The molecule has 124 valence electrons. The smallest absolute Gasteiger partial charge is 0.241 e. The fourth-order valence-electron chi connectivity index (χ4n) is 2.94. The van der Waals surface area contributed by atoms with E-state index in [-0.39, 0.29) is 0 Å². The standard InChI is InChI=1S/C16H18N6OS/c1-12-10-21(6-7-22(12)16-18-5-8-24-16)11-14-19-15(20-23-14)13-3-2-4-17-9-13/h2-5,8-9,12H,6-7,10-11H2,1H3. The van der Waals surface area contributed by atoms with Gasteiger partial charge in [-0.25, -0.2) is 4.98 Å². The Morgan fingerprint density at radius 2 is 2.29 bits per heavy atom. The number of rotatable bonds is 4. The Bertz CT molecular complexity index is 775. The third kappa shape index (κ3) is 3.15. The Labute approximate surface area is 144 Å². The maximum atomic E-state index is 5.40. The molecule has 0 aliphatic carbocycles. The zero-order valence-corrected chi connectivity index (χ0v) is 14.2. The zero-order chi connectivity index (χ0) is 16.4. The van der Waals surface area contributed by atoms with Gasteiger partial charge in [-0.3, -0.25) is 9.88 Å². The Morgan fingerprint density at radius 3 is 3.04 bits per heavy atom. The fraction of sp³-hybridized carbons (Fsp3) is 0.375. The molecule has 1 atom stereocenters. The summed E-state index contributed by atoms with van der Waals surface area (Å²) in [7, 11) is 0. The minimum absolute atomic E-state index is 0.408. The van der Waals surface area contributed by atoms with Crippen LogP contribution >= 0.6 is 11.3 Å². The predicted molar refractivity (Wildman–Crippen MR) is 91.7 cm³/mol. The van der Waals surface area contributed by atoms with Crippen LogP contribution in [0.1, 0.15) is 12.8 Å². The molecule has 7 nitrogen and oxygen atoms in total. The molecule has 0 radical (unpaired) electrons. The van der Waals surface area contributed by atoms with E-state index in [1.54, 1.807) is 23.7 Å². The first-order valence-corrected chi connectivity index (χ1v) is 8.79. The van der Waals surface area contributed by atoms with E-state index in [9.17, 15) is 0 Å². The molecule has 1 aliphatic heterocycles. The largest absolute Gasteiger partial charge is 0.343 e. The highest BCUT2D eigenvalue weighted by Crippen LogP contribution is 2.23. The average Bonchev–Trinajstić information content (AvgIpc) is 3.28. The van der Waals surface area contributed by atoms with Gasteiger partial charge in [-0.05, 0) is 19.1 Å². The van der Waals surface area contributed by atoms with Crippen molar-refractivity contribution in [3.63, 3.8) is 0 Å². The van der Waals surface area contributed by atoms with Gasteiger partial charge in [-0.15, -0.1) is 11.3 Å². The fourth-order valence-corrected chi connectivity index (χ4v) is 3.71. The van der Waals surface area contributed by atoms with Crippen molar-refractivity contribution >= 4 is 16.5 Å². The molecule has 0 bridgehead atoms. The predicted octanol–water partition coefficient (Wildman–Crippen LogP) is 2.30. The molecule has 0 aromatic carbocycles. The van der Waals surface area contributed by atoms with Crippen LogP contribution in [0.3, 0.4) is 0 Å². The second kappa shape index (κ2) is 6.66. The summed E-state index contributed by atoms with van der Waals surface area (Å²) in [6, 6.07) is 4.20. The van der Waals surface area contributed by atoms with Crippen molar-refractivity contribution in [1.29, 1.82) is 0 Å². The summed E-state index contributed by atoms with van der Waals surface area (Å²) >= 11 is 1.69. The van der Waals surface area contributed by atoms with Crippen molar-refractivity contribution in [2.45, 2.75) is 19.5 Å². The van der Waals surface area contributed by atoms with Crippen LogP contribution < -0.4 is 4.90 Å². The van der Waals surface area contributed by atoms with Gasteiger partial charge in [0.15, 0.2) is 5.13 Å². The van der Waals surface area contributed by atoms with Gasteiger partial charge in [0.2, 0.25) is 11.7 Å². The second-order valence-electron chi connectivity index (χ2n) is 5.85. The van der Waals surface area contributed by atoms with Gasteiger partial charge in [-0.1, -0.05) is 5.16 Å². The molecule has 24 heavy (non-hydrogen) atoms. The minimum Gasteiger partial charge on any atom is -0.343 e. The second-order valence-corrected chi connectivity index (χ2v) is 6.72. The van der Waals surface area contributed by atoms with Crippen LogP contribution in [-0.2, 0) is 6.54 Å². The number of hydrogen-bond donors (Lipinski definition) is 0. The van der Waals surface area contributed by atoms with Gasteiger partial charge in [0.1, 0.15) is 0 Å². The first-order valence-electron chi connectivity index (χ1n) is 7.91. The van der Waals surface area contributed by atoms with E-state index in [0.717, 1.165) is 30.3 Å².